The summed E-state index contributed by atoms with van der Waals surface area (Å²) in [6.45, 7) is 0. The van der Waals surface area contributed by atoms with Crippen molar-refractivity contribution in [3.63, 3.8) is 0 Å². The molecule has 0 aliphatic carbocycles. The van der Waals surface area contributed by atoms with Gasteiger partial charge < -0.3 is 19.3 Å². The largest absolute Gasteiger partial charge is 1.00 e. The molecule has 0 nitrogen and oxygen atoms in total. The van der Waals surface area contributed by atoms with Crippen LogP contribution in [0.15, 0.2) is 461 Å². The molecule has 0 aliphatic heterocycles. The van der Waals surface area contributed by atoms with Gasteiger partial charge in [-0.05, 0) is 162 Å². The van der Waals surface area contributed by atoms with Gasteiger partial charge in [-0.25, -0.2) is 0 Å². The number of hydrogen-bond acceptors (Lipinski definition) is 0. The molecule has 0 fully saturated rings. The van der Waals surface area contributed by atoms with Crippen LogP contribution in [0.4, 0.5) is 0 Å². The first kappa shape index (κ1) is 88.9. The average Bonchev–Trinajstić information content (AvgIpc) is 0.793. The number of rotatable bonds is 12. The van der Waals surface area contributed by atoms with E-state index >= 15 is 0 Å². The zero-order chi connectivity index (χ0) is 80.5. The summed E-state index contributed by atoms with van der Waals surface area (Å²) in [5, 5.41) is 30.7. The Morgan fingerprint density at radius 1 is 0.207 bits per heavy atom. The molecular formula is C114H83Au3P4+2. The SMILES string of the molecule is C#Cc1cc2ccccc2c2ccccc12.[Au+].[Au+].[Au+].[C-]#Cc1cc2ccccc2c2ccccc12.[C-]#Cc1cc2ccccc2c2ccccc12.[C-]#Cc1cc2ccccc2c2ccccc12.c1ccc(P(CP(c2ccccc2)c2ccccc2)c2ccccc2)cc1.c1ccc([PH+](C[PH+](c2ccccc2)c2ccccc2)c2ccccc2)cc1. The topological polar surface area (TPSA) is 0 Å². The molecule has 0 aromatic heterocycles. The third-order valence-electron chi connectivity index (χ3n) is 21.0. The smallest absolute Gasteiger partial charge is 0.366 e. The molecule has 0 atom stereocenters. The van der Waals surface area contributed by atoms with Crippen LogP contribution in [0.3, 0.4) is 0 Å². The predicted molar refractivity (Wildman–Crippen MR) is 521 cm³/mol. The Labute approximate surface area is 764 Å². The van der Waals surface area contributed by atoms with Crippen molar-refractivity contribution in [3.05, 3.63) is 503 Å². The van der Waals surface area contributed by atoms with Gasteiger partial charge in [0.05, 0.1) is 0 Å². The minimum absolute atomic E-state index is 0. The van der Waals surface area contributed by atoms with Crippen molar-refractivity contribution < 1.29 is 67.1 Å². The first-order valence-electron chi connectivity index (χ1n) is 39.5. The molecule has 0 saturated carbocycles. The summed E-state index contributed by atoms with van der Waals surface area (Å²) >= 11 is 0. The number of fused-ring (bicyclic) bond motifs is 12. The van der Waals surface area contributed by atoms with Crippen molar-refractivity contribution in [1.29, 1.82) is 0 Å². The molecule has 0 bridgehead atoms. The minimum atomic E-state index is -0.847. The van der Waals surface area contributed by atoms with Crippen molar-refractivity contribution in [1.82, 2.24) is 0 Å². The molecule has 0 radical (unpaired) electrons. The van der Waals surface area contributed by atoms with Gasteiger partial charge in [0.2, 0.25) is 0 Å². The van der Waals surface area contributed by atoms with E-state index in [0.717, 1.165) is 60.0 Å². The summed E-state index contributed by atoms with van der Waals surface area (Å²) in [5.41, 5.74) is 3.53. The molecule has 590 valence electrons. The summed E-state index contributed by atoms with van der Waals surface area (Å²) in [7, 11) is -2.51. The average molecular weight is 2170 g/mol. The Bertz CT molecular complexity index is 5930. The molecule has 0 N–H and O–H groups in total. The zero-order valence-corrected chi connectivity index (χ0v) is 76.5. The fourth-order valence-corrected chi connectivity index (χ4v) is 29.5. The first-order chi connectivity index (χ1) is 58.4. The normalized spacial score (nSPS) is 10.4. The maximum atomic E-state index is 7.35. The van der Waals surface area contributed by atoms with Crippen LogP contribution in [0.5, 0.6) is 0 Å². The molecule has 20 aromatic rings. The molecule has 121 heavy (non-hydrogen) atoms. The molecule has 20 rings (SSSR count). The Morgan fingerprint density at radius 3 is 0.595 bits per heavy atom. The third-order valence-corrected chi connectivity index (χ3v) is 33.9. The van der Waals surface area contributed by atoms with Crippen LogP contribution >= 0.6 is 31.7 Å². The van der Waals surface area contributed by atoms with Crippen LogP contribution in [-0.2, 0) is 67.1 Å². The van der Waals surface area contributed by atoms with E-state index in [1.807, 2.05) is 121 Å². The van der Waals surface area contributed by atoms with Gasteiger partial charge in [0.25, 0.3) is 0 Å². The summed E-state index contributed by atoms with van der Waals surface area (Å²) in [6.07, 6.45) is 27.6. The van der Waals surface area contributed by atoms with Gasteiger partial charge in [-0.2, -0.15) is 0 Å². The molecule has 0 spiro atoms. The Morgan fingerprint density at radius 2 is 0.380 bits per heavy atom. The van der Waals surface area contributed by atoms with Gasteiger partial charge in [0, 0.05) is 11.5 Å². The van der Waals surface area contributed by atoms with Crippen LogP contribution in [0.25, 0.3) is 86.2 Å². The van der Waals surface area contributed by atoms with Gasteiger partial charge in [-0.15, -0.1) is 41.3 Å². The van der Waals surface area contributed by atoms with E-state index in [9.17, 15) is 0 Å². The summed E-state index contributed by atoms with van der Waals surface area (Å²) in [4.78, 5) is 0. The van der Waals surface area contributed by atoms with Crippen LogP contribution in [0.1, 0.15) is 22.3 Å². The molecule has 7 heteroatoms. The van der Waals surface area contributed by atoms with Crippen molar-refractivity contribution in [2.24, 2.45) is 0 Å². The molecule has 0 saturated heterocycles. The maximum absolute atomic E-state index is 7.35. The van der Waals surface area contributed by atoms with E-state index in [2.05, 4.69) is 363 Å². The van der Waals surface area contributed by atoms with Crippen LogP contribution < -0.4 is 42.4 Å². The molecule has 0 unspecified atom stereocenters. The Hall–Kier alpha value is -11.3. The number of terminal acetylenes is 1. The number of benzene rings is 20. The van der Waals surface area contributed by atoms with Crippen molar-refractivity contribution in [3.8, 4) is 30.1 Å². The van der Waals surface area contributed by atoms with Crippen molar-refractivity contribution in [2.45, 2.75) is 0 Å². The fourth-order valence-electron chi connectivity index (χ4n) is 15.3. The Kier molecular flexibility index (Phi) is 33.3. The van der Waals surface area contributed by atoms with Gasteiger partial charge in [0.15, 0.2) is 5.90 Å². The summed E-state index contributed by atoms with van der Waals surface area (Å²) in [5.74, 6) is 12.7. The van der Waals surface area contributed by atoms with Gasteiger partial charge in [-0.3, -0.25) is 17.8 Å². The second-order valence-electron chi connectivity index (χ2n) is 28.2. The monoisotopic (exact) mass is 2170 g/mol. The zero-order valence-electron chi connectivity index (χ0n) is 66.2. The molecular weight excluding hydrogens is 2080 g/mol. The fraction of sp³-hybridized carbons (Fsp3) is 0.0175. The Balaban J connectivity index is 0.000000134. The number of hydrogen-bond donors (Lipinski definition) is 0. The van der Waals surface area contributed by atoms with Gasteiger partial charge in [0.1, 0.15) is 37.1 Å². The molecule has 0 aliphatic rings. The maximum Gasteiger partial charge on any atom is 1.00 e. The van der Waals surface area contributed by atoms with Crippen LogP contribution in [-0.4, -0.2) is 11.8 Å². The standard InChI is InChI=1S/2C25H22P2.C16H10.3C16H9.3Au/c2*1-5-13-22(14-6-1)26(23-15-7-2-8-16-23)21-27(24-17-9-3-10-18-24)25-19-11-4-12-20-25;4*1-2-12-11-13-7-3-4-9-15(13)16-10-6-5-8-14(12)16;;;/h2*1-20H,21H2;1,3-11H;3*3-11H;;;/q;;;3*-1;3*+1/p+2. The quantitative estimate of drug-likeness (QED) is 0.0376. The summed E-state index contributed by atoms with van der Waals surface area (Å²) < 4.78 is 0. The van der Waals surface area contributed by atoms with Crippen molar-refractivity contribution >= 4 is 160 Å². The van der Waals surface area contributed by atoms with Gasteiger partial charge >= 0.3 is 67.1 Å². The van der Waals surface area contributed by atoms with Crippen molar-refractivity contribution in [2.75, 3.05) is 11.8 Å². The van der Waals surface area contributed by atoms with E-state index in [0.29, 0.717) is 0 Å². The predicted octanol–water partition coefficient (Wildman–Crippen LogP) is 25.6. The minimum Gasteiger partial charge on any atom is -0.366 e. The van der Waals surface area contributed by atoms with E-state index in [4.69, 9.17) is 25.7 Å². The van der Waals surface area contributed by atoms with Crippen LogP contribution in [0, 0.1) is 49.4 Å². The summed E-state index contributed by atoms with van der Waals surface area (Å²) in [6, 6.07) is 163. The molecule has 0 amide bonds. The van der Waals surface area contributed by atoms with E-state index in [-0.39, 0.29) is 67.1 Å². The van der Waals surface area contributed by atoms with Gasteiger partial charge in [-0.1, -0.05) is 410 Å². The third kappa shape index (κ3) is 22.1. The molecule has 0 heterocycles. The van der Waals surface area contributed by atoms with E-state index in [1.165, 1.54) is 103 Å². The first-order valence-corrected chi connectivity index (χ1v) is 46.0. The van der Waals surface area contributed by atoms with E-state index < -0.39 is 31.7 Å². The van der Waals surface area contributed by atoms with Crippen LogP contribution in [0.2, 0.25) is 0 Å². The second-order valence-corrected chi connectivity index (χ2v) is 38.8. The molecule has 20 aromatic carbocycles. The van der Waals surface area contributed by atoms with E-state index in [1.54, 1.807) is 0 Å². The second kappa shape index (κ2) is 45.3.